The number of alkyl halides is 3. The van der Waals surface area contributed by atoms with Crippen LogP contribution >= 0.6 is 0 Å². The number of halogens is 3. The van der Waals surface area contributed by atoms with Gasteiger partial charge in [0.25, 0.3) is 5.91 Å². The van der Waals surface area contributed by atoms with Crippen molar-refractivity contribution in [2.75, 3.05) is 13.1 Å². The molecule has 2 aromatic rings. The average molecular weight is 368 g/mol. The van der Waals surface area contributed by atoms with Gasteiger partial charge in [-0.1, -0.05) is 0 Å². The Hall–Kier alpha value is -2.39. The van der Waals surface area contributed by atoms with Crippen molar-refractivity contribution in [2.45, 2.75) is 43.8 Å². The summed E-state index contributed by atoms with van der Waals surface area (Å²) in [5, 5.41) is 11.6. The molecule has 0 N–H and O–H groups in total. The molecule has 0 spiro atoms. The number of aromatic nitrogens is 5. The van der Waals surface area contributed by atoms with Crippen LogP contribution in [0.5, 0.6) is 0 Å². The van der Waals surface area contributed by atoms with Gasteiger partial charge in [0.1, 0.15) is 17.8 Å². The largest absolute Gasteiger partial charge is 0.435 e. The van der Waals surface area contributed by atoms with E-state index in [4.69, 9.17) is 0 Å². The van der Waals surface area contributed by atoms with Crippen LogP contribution in [0, 0.1) is 0 Å². The number of likely N-dealkylation sites (tertiary alicyclic amines) is 1. The van der Waals surface area contributed by atoms with Crippen molar-refractivity contribution in [2.24, 2.45) is 7.05 Å². The third kappa shape index (κ3) is 3.08. The van der Waals surface area contributed by atoms with Gasteiger partial charge in [-0.2, -0.15) is 18.3 Å². The molecule has 0 radical (unpaired) electrons. The van der Waals surface area contributed by atoms with E-state index in [-0.39, 0.29) is 23.6 Å². The summed E-state index contributed by atoms with van der Waals surface area (Å²) >= 11 is 0. The molecule has 0 atom stereocenters. The molecule has 1 saturated heterocycles. The summed E-state index contributed by atoms with van der Waals surface area (Å²) in [6.45, 7) is 0.959. The molecule has 1 saturated carbocycles. The minimum absolute atomic E-state index is 0.0388. The monoisotopic (exact) mass is 368 g/mol. The van der Waals surface area contributed by atoms with Crippen LogP contribution in [0.4, 0.5) is 13.2 Å². The van der Waals surface area contributed by atoms with Gasteiger partial charge in [0.05, 0.1) is 6.04 Å². The predicted octanol–water partition coefficient (Wildman–Crippen LogP) is 2.39. The standard InChI is InChI=1S/C16H19F3N6O/c1-23-9-20-21-14(23)10-4-6-24(7-5-10)15(26)12-8-13(16(17,18)19)22-25(12)11-2-3-11/h8-11H,2-7H2,1H3. The first-order chi connectivity index (χ1) is 12.3. The highest BCUT2D eigenvalue weighted by Crippen LogP contribution is 2.38. The second kappa shape index (κ2) is 6.10. The summed E-state index contributed by atoms with van der Waals surface area (Å²) < 4.78 is 42.1. The van der Waals surface area contributed by atoms with Crippen molar-refractivity contribution in [3.8, 4) is 0 Å². The molecule has 0 aromatic carbocycles. The van der Waals surface area contributed by atoms with Crippen LogP contribution in [0.25, 0.3) is 0 Å². The Bertz CT molecular complexity index is 814. The molecular formula is C16H19F3N6O. The number of hydrogen-bond acceptors (Lipinski definition) is 4. The Morgan fingerprint density at radius 2 is 1.88 bits per heavy atom. The Labute approximate surface area is 147 Å². The summed E-state index contributed by atoms with van der Waals surface area (Å²) in [6, 6.07) is 0.788. The molecule has 0 unspecified atom stereocenters. The summed E-state index contributed by atoms with van der Waals surface area (Å²) in [5.41, 5.74) is -0.960. The van der Waals surface area contributed by atoms with Crippen LogP contribution in [0.2, 0.25) is 0 Å². The van der Waals surface area contributed by atoms with E-state index < -0.39 is 11.9 Å². The highest BCUT2D eigenvalue weighted by Gasteiger charge is 2.39. The minimum Gasteiger partial charge on any atom is -0.337 e. The minimum atomic E-state index is -4.55. The van der Waals surface area contributed by atoms with Gasteiger partial charge in [0.2, 0.25) is 0 Å². The summed E-state index contributed by atoms with van der Waals surface area (Å²) in [5.74, 6) is 0.696. The van der Waals surface area contributed by atoms with Crippen molar-refractivity contribution in [1.82, 2.24) is 29.4 Å². The van der Waals surface area contributed by atoms with Crippen molar-refractivity contribution in [1.29, 1.82) is 0 Å². The van der Waals surface area contributed by atoms with E-state index in [0.29, 0.717) is 25.9 Å². The number of carbonyl (C=O) groups excluding carboxylic acids is 1. The van der Waals surface area contributed by atoms with E-state index in [1.165, 1.54) is 4.68 Å². The molecule has 2 fully saturated rings. The van der Waals surface area contributed by atoms with Gasteiger partial charge < -0.3 is 9.47 Å². The van der Waals surface area contributed by atoms with E-state index in [1.54, 1.807) is 11.2 Å². The van der Waals surface area contributed by atoms with Crippen molar-refractivity contribution in [3.05, 3.63) is 29.6 Å². The van der Waals surface area contributed by atoms with Crippen LogP contribution < -0.4 is 0 Å². The average Bonchev–Trinajstić information content (AvgIpc) is 3.19. The topological polar surface area (TPSA) is 68.8 Å². The maximum Gasteiger partial charge on any atom is 0.435 e. The fourth-order valence-corrected chi connectivity index (χ4v) is 3.45. The lowest BCUT2D eigenvalue weighted by atomic mass is 9.95. The first-order valence-electron chi connectivity index (χ1n) is 8.64. The number of carbonyl (C=O) groups is 1. The molecule has 7 nitrogen and oxygen atoms in total. The molecule has 4 rings (SSSR count). The predicted molar refractivity (Wildman–Crippen MR) is 84.4 cm³/mol. The Morgan fingerprint density at radius 1 is 1.19 bits per heavy atom. The number of aryl methyl sites for hydroxylation is 1. The number of nitrogens with zero attached hydrogens (tertiary/aromatic N) is 6. The number of piperidine rings is 1. The Balaban J connectivity index is 1.50. The smallest absolute Gasteiger partial charge is 0.337 e. The second-order valence-electron chi connectivity index (χ2n) is 6.95. The van der Waals surface area contributed by atoms with Crippen molar-refractivity contribution in [3.63, 3.8) is 0 Å². The maximum atomic E-state index is 13.0. The van der Waals surface area contributed by atoms with Crippen LogP contribution in [-0.4, -0.2) is 48.4 Å². The fraction of sp³-hybridized carbons (Fsp3) is 0.625. The normalized spacial score (nSPS) is 19.2. The molecule has 1 aliphatic carbocycles. The molecule has 0 bridgehead atoms. The quantitative estimate of drug-likeness (QED) is 0.834. The molecule has 3 heterocycles. The second-order valence-corrected chi connectivity index (χ2v) is 6.95. The van der Waals surface area contributed by atoms with E-state index in [2.05, 4.69) is 15.3 Å². The Kier molecular flexibility index (Phi) is 4.00. The lowest BCUT2D eigenvalue weighted by molar-refractivity contribution is -0.141. The number of rotatable bonds is 3. The zero-order chi connectivity index (χ0) is 18.5. The zero-order valence-corrected chi connectivity index (χ0v) is 14.3. The van der Waals surface area contributed by atoms with Gasteiger partial charge >= 0.3 is 6.18 Å². The first-order valence-corrected chi connectivity index (χ1v) is 8.64. The molecule has 140 valence electrons. The van der Waals surface area contributed by atoms with E-state index in [0.717, 1.165) is 24.7 Å². The maximum absolute atomic E-state index is 13.0. The van der Waals surface area contributed by atoms with Gasteiger partial charge in [-0.05, 0) is 25.7 Å². The SMILES string of the molecule is Cn1cnnc1C1CCN(C(=O)c2cc(C(F)(F)F)nn2C2CC2)CC1. The van der Waals surface area contributed by atoms with Crippen molar-refractivity contribution < 1.29 is 18.0 Å². The van der Waals surface area contributed by atoms with Gasteiger partial charge in [-0.15, -0.1) is 10.2 Å². The van der Waals surface area contributed by atoms with Crippen LogP contribution in [-0.2, 0) is 13.2 Å². The molecule has 2 aliphatic rings. The van der Waals surface area contributed by atoms with Crippen LogP contribution in [0.3, 0.4) is 0 Å². The lowest BCUT2D eigenvalue weighted by Gasteiger charge is -2.31. The molecule has 26 heavy (non-hydrogen) atoms. The fourth-order valence-electron chi connectivity index (χ4n) is 3.45. The molecular weight excluding hydrogens is 349 g/mol. The van der Waals surface area contributed by atoms with Crippen LogP contribution in [0.1, 0.15) is 59.6 Å². The van der Waals surface area contributed by atoms with E-state index >= 15 is 0 Å². The molecule has 10 heteroatoms. The molecule has 1 amide bonds. The van der Waals surface area contributed by atoms with Crippen molar-refractivity contribution >= 4 is 5.91 Å². The highest BCUT2D eigenvalue weighted by atomic mass is 19.4. The van der Waals surface area contributed by atoms with Gasteiger partial charge in [-0.3, -0.25) is 9.48 Å². The lowest BCUT2D eigenvalue weighted by Crippen LogP contribution is -2.39. The molecule has 2 aromatic heterocycles. The van der Waals surface area contributed by atoms with Gasteiger partial charge in [0.15, 0.2) is 5.69 Å². The summed E-state index contributed by atoms with van der Waals surface area (Å²) in [7, 11) is 1.87. The number of hydrogen-bond donors (Lipinski definition) is 0. The zero-order valence-electron chi connectivity index (χ0n) is 14.3. The van der Waals surface area contributed by atoms with E-state index in [9.17, 15) is 18.0 Å². The highest BCUT2D eigenvalue weighted by molar-refractivity contribution is 5.93. The van der Waals surface area contributed by atoms with E-state index in [1.807, 2.05) is 11.6 Å². The third-order valence-corrected chi connectivity index (χ3v) is 5.03. The Morgan fingerprint density at radius 3 is 2.42 bits per heavy atom. The molecule has 1 aliphatic heterocycles. The van der Waals surface area contributed by atoms with Gasteiger partial charge in [0, 0.05) is 32.1 Å². The van der Waals surface area contributed by atoms with Crippen LogP contribution in [0.15, 0.2) is 12.4 Å². The third-order valence-electron chi connectivity index (χ3n) is 5.03. The van der Waals surface area contributed by atoms with Gasteiger partial charge in [-0.25, -0.2) is 0 Å². The summed E-state index contributed by atoms with van der Waals surface area (Å²) in [4.78, 5) is 14.4. The number of amides is 1. The first kappa shape index (κ1) is 17.0. The summed E-state index contributed by atoms with van der Waals surface area (Å²) in [6.07, 6.45) is 0.0258.